The van der Waals surface area contributed by atoms with Crippen LogP contribution in [-0.2, 0) is 20.8 Å². The Morgan fingerprint density at radius 2 is 1.92 bits per heavy atom. The molecule has 50 heavy (non-hydrogen) atoms. The zero-order valence-corrected chi connectivity index (χ0v) is 28.4. The van der Waals surface area contributed by atoms with E-state index in [0.29, 0.717) is 21.9 Å². The second kappa shape index (κ2) is 13.3. The molecule has 0 saturated heterocycles. The predicted molar refractivity (Wildman–Crippen MR) is 184 cm³/mol. The van der Waals surface area contributed by atoms with Crippen LogP contribution in [0.1, 0.15) is 50.7 Å². The standard InChI is InChI=1S/C36H32ClFN4O8/c1-6-47-34(45)29-27(23-8-7-12-39-32(23)43)28-26(16-24(38)22-11-13-48-30(22)28)42(29)17-20-14-19-9-10-21(15-25(19)41-31(20)37)49-33(44)18(2)40-35(46)50-36(3,4)5/h7-16,18H,6,17H2,1-5H3,(H,39,43)(H,40,46)/t18-/m1/s1. The molecule has 4 heterocycles. The number of hydrogen-bond donors (Lipinski definition) is 2. The molecule has 0 aliphatic rings. The molecule has 0 unspecified atom stereocenters. The summed E-state index contributed by atoms with van der Waals surface area (Å²) >= 11 is 6.72. The number of carbonyl (C=O) groups excluding carboxylic acids is 3. The summed E-state index contributed by atoms with van der Waals surface area (Å²) in [4.78, 5) is 58.7. The van der Waals surface area contributed by atoms with Crippen LogP contribution in [0, 0.1) is 5.82 Å². The third-order valence-electron chi connectivity index (χ3n) is 7.72. The van der Waals surface area contributed by atoms with Gasteiger partial charge in [-0.15, -0.1) is 0 Å². The molecule has 6 rings (SSSR count). The summed E-state index contributed by atoms with van der Waals surface area (Å²) in [7, 11) is 0. The number of pyridine rings is 2. The highest BCUT2D eigenvalue weighted by Gasteiger charge is 2.30. The average molecular weight is 703 g/mol. The van der Waals surface area contributed by atoms with Gasteiger partial charge in [0, 0.05) is 28.8 Å². The number of H-pyrrole nitrogens is 1. The molecule has 0 aliphatic heterocycles. The summed E-state index contributed by atoms with van der Waals surface area (Å²) < 4.78 is 38.8. The summed E-state index contributed by atoms with van der Waals surface area (Å²) in [5.74, 6) is -1.90. The van der Waals surface area contributed by atoms with Crippen LogP contribution in [0.15, 0.2) is 70.2 Å². The first-order valence-corrected chi connectivity index (χ1v) is 16.0. The summed E-state index contributed by atoms with van der Waals surface area (Å²) in [6.45, 7) is 8.19. The molecule has 0 fully saturated rings. The molecule has 14 heteroatoms. The fourth-order valence-electron chi connectivity index (χ4n) is 5.62. The van der Waals surface area contributed by atoms with Crippen molar-refractivity contribution in [3.63, 3.8) is 0 Å². The Morgan fingerprint density at radius 1 is 1.14 bits per heavy atom. The van der Waals surface area contributed by atoms with Gasteiger partial charge in [-0.25, -0.2) is 23.8 Å². The molecule has 0 radical (unpaired) electrons. The minimum Gasteiger partial charge on any atom is -0.463 e. The fourth-order valence-corrected chi connectivity index (χ4v) is 5.83. The molecular formula is C36H32ClFN4O8. The maximum Gasteiger partial charge on any atom is 0.408 e. The number of aromatic nitrogens is 3. The number of halogens is 2. The molecule has 6 aromatic rings. The first kappa shape index (κ1) is 34.2. The average Bonchev–Trinajstić information content (AvgIpc) is 3.65. The maximum absolute atomic E-state index is 15.5. The molecule has 12 nitrogen and oxygen atoms in total. The molecule has 1 atom stereocenters. The molecule has 1 amide bonds. The normalized spacial score (nSPS) is 12.3. The van der Waals surface area contributed by atoms with E-state index in [1.165, 1.54) is 42.1 Å². The first-order chi connectivity index (χ1) is 23.8. The minimum atomic E-state index is -1.01. The smallest absolute Gasteiger partial charge is 0.408 e. The van der Waals surface area contributed by atoms with Crippen molar-refractivity contribution in [2.24, 2.45) is 0 Å². The third kappa shape index (κ3) is 6.64. The number of benzene rings is 2. The lowest BCUT2D eigenvalue weighted by atomic mass is 10.0. The van der Waals surface area contributed by atoms with E-state index in [9.17, 15) is 19.2 Å². The lowest BCUT2D eigenvalue weighted by Gasteiger charge is -2.21. The van der Waals surface area contributed by atoms with Gasteiger partial charge in [-0.3, -0.25) is 4.79 Å². The molecule has 258 valence electrons. The summed E-state index contributed by atoms with van der Waals surface area (Å²) in [5, 5.41) is 3.62. The van der Waals surface area contributed by atoms with Gasteiger partial charge < -0.3 is 33.5 Å². The highest BCUT2D eigenvalue weighted by molar-refractivity contribution is 6.30. The van der Waals surface area contributed by atoms with Gasteiger partial charge >= 0.3 is 18.0 Å². The zero-order chi connectivity index (χ0) is 35.9. The molecule has 0 aliphatic carbocycles. The number of alkyl carbamates (subject to hydrolysis) is 1. The number of furan rings is 1. The van der Waals surface area contributed by atoms with Crippen molar-refractivity contribution < 1.29 is 37.4 Å². The van der Waals surface area contributed by atoms with E-state index in [2.05, 4.69) is 15.3 Å². The molecule has 2 N–H and O–H groups in total. The van der Waals surface area contributed by atoms with Crippen LogP contribution < -0.4 is 15.6 Å². The van der Waals surface area contributed by atoms with Crippen molar-refractivity contribution in [2.45, 2.75) is 52.8 Å². The molecular weight excluding hydrogens is 671 g/mol. The number of nitrogens with zero attached hydrogens (tertiary/aromatic N) is 2. The van der Waals surface area contributed by atoms with Crippen molar-refractivity contribution in [2.75, 3.05) is 6.61 Å². The van der Waals surface area contributed by atoms with E-state index in [1.807, 2.05) is 0 Å². The highest BCUT2D eigenvalue weighted by Crippen LogP contribution is 2.41. The van der Waals surface area contributed by atoms with Crippen LogP contribution in [0.3, 0.4) is 0 Å². The first-order valence-electron chi connectivity index (χ1n) is 15.6. The van der Waals surface area contributed by atoms with E-state index < -0.39 is 41.1 Å². The van der Waals surface area contributed by atoms with Crippen molar-refractivity contribution in [1.29, 1.82) is 0 Å². The van der Waals surface area contributed by atoms with E-state index in [1.54, 1.807) is 58.0 Å². The van der Waals surface area contributed by atoms with E-state index in [-0.39, 0.29) is 57.4 Å². The fraction of sp³-hybridized carbons (Fsp3) is 0.250. The maximum atomic E-state index is 15.5. The number of nitrogens with one attached hydrogen (secondary N) is 2. The molecule has 4 aromatic heterocycles. The van der Waals surface area contributed by atoms with Crippen LogP contribution in [0.4, 0.5) is 9.18 Å². The predicted octanol–water partition coefficient (Wildman–Crippen LogP) is 7.13. The van der Waals surface area contributed by atoms with Gasteiger partial charge in [0.1, 0.15) is 39.6 Å². The highest BCUT2D eigenvalue weighted by atomic mass is 35.5. The van der Waals surface area contributed by atoms with Gasteiger partial charge in [-0.1, -0.05) is 11.6 Å². The molecule has 0 saturated carbocycles. The monoisotopic (exact) mass is 702 g/mol. The number of aromatic amines is 1. The number of hydrogen-bond acceptors (Lipinski definition) is 9. The van der Waals surface area contributed by atoms with Crippen LogP contribution in [-0.4, -0.2) is 50.8 Å². The van der Waals surface area contributed by atoms with E-state index in [0.717, 1.165) is 0 Å². The molecule has 0 spiro atoms. The Bertz CT molecular complexity index is 2370. The van der Waals surface area contributed by atoms with E-state index in [4.69, 9.17) is 30.2 Å². The van der Waals surface area contributed by atoms with Gasteiger partial charge in [0.15, 0.2) is 0 Å². The lowest BCUT2D eigenvalue weighted by molar-refractivity contribution is -0.136. The van der Waals surface area contributed by atoms with Gasteiger partial charge in [0.2, 0.25) is 0 Å². The zero-order valence-electron chi connectivity index (χ0n) is 27.7. The Morgan fingerprint density at radius 3 is 2.64 bits per heavy atom. The van der Waals surface area contributed by atoms with Crippen LogP contribution in [0.5, 0.6) is 5.75 Å². The number of fused-ring (bicyclic) bond motifs is 4. The van der Waals surface area contributed by atoms with Crippen molar-refractivity contribution in [3.8, 4) is 16.9 Å². The van der Waals surface area contributed by atoms with Crippen molar-refractivity contribution >= 4 is 62.4 Å². The lowest BCUT2D eigenvalue weighted by Crippen LogP contribution is -2.43. The number of amides is 1. The van der Waals surface area contributed by atoms with Crippen LogP contribution in [0.25, 0.3) is 43.9 Å². The Balaban J connectivity index is 1.41. The Hall–Kier alpha value is -5.69. The summed E-state index contributed by atoms with van der Waals surface area (Å²) in [6.07, 6.45) is 2.04. The van der Waals surface area contributed by atoms with Crippen LogP contribution in [0.2, 0.25) is 5.15 Å². The molecule has 0 bridgehead atoms. The van der Waals surface area contributed by atoms with Gasteiger partial charge in [-0.2, -0.15) is 0 Å². The topological polar surface area (TPSA) is 155 Å². The quantitative estimate of drug-likeness (QED) is 0.0958. The largest absolute Gasteiger partial charge is 0.463 e. The van der Waals surface area contributed by atoms with Crippen molar-refractivity contribution in [1.82, 2.24) is 19.9 Å². The van der Waals surface area contributed by atoms with Crippen molar-refractivity contribution in [3.05, 3.63) is 93.6 Å². The second-order valence-corrected chi connectivity index (χ2v) is 12.8. The summed E-state index contributed by atoms with van der Waals surface area (Å²) in [5.41, 5.74) is 0.413. The number of carbonyl (C=O) groups is 3. The number of esters is 2. The number of ether oxygens (including phenoxy) is 3. The Labute approximate surface area is 289 Å². The third-order valence-corrected chi connectivity index (χ3v) is 8.05. The van der Waals surface area contributed by atoms with Gasteiger partial charge in [0.05, 0.1) is 46.8 Å². The Kier molecular flexibility index (Phi) is 9.10. The van der Waals surface area contributed by atoms with E-state index >= 15 is 4.39 Å². The second-order valence-electron chi connectivity index (χ2n) is 12.4. The van der Waals surface area contributed by atoms with Gasteiger partial charge in [0.25, 0.3) is 5.56 Å². The number of rotatable bonds is 8. The summed E-state index contributed by atoms with van der Waals surface area (Å²) in [6, 6.07) is 11.4. The minimum absolute atomic E-state index is 0.00520. The van der Waals surface area contributed by atoms with Gasteiger partial charge in [-0.05, 0) is 77.1 Å². The SMILES string of the molecule is CCOC(=O)c1c(-c2ccc[nH]c2=O)c2c3occc3c(F)cc2n1Cc1cc2ccc(OC(=O)[C@@H](C)NC(=O)OC(C)(C)C)cc2nc1Cl. The molecule has 2 aromatic carbocycles. The van der Waals surface area contributed by atoms with Crippen LogP contribution >= 0.6 is 11.6 Å².